The summed E-state index contributed by atoms with van der Waals surface area (Å²) in [5, 5.41) is 5.46. The molecule has 3 aromatic rings. The van der Waals surface area contributed by atoms with Crippen molar-refractivity contribution >= 4 is 34.3 Å². The molecular weight excluding hydrogens is 322 g/mol. The van der Waals surface area contributed by atoms with Gasteiger partial charge in [-0.25, -0.2) is 4.79 Å². The van der Waals surface area contributed by atoms with Gasteiger partial charge in [0.25, 0.3) is 5.91 Å². The first-order chi connectivity index (χ1) is 12.0. The molecule has 0 aliphatic rings. The second kappa shape index (κ2) is 6.64. The Hall–Kier alpha value is -3.35. The highest BCUT2D eigenvalue weighted by atomic mass is 16.4. The van der Waals surface area contributed by atoms with Gasteiger partial charge in [-0.1, -0.05) is 13.0 Å². The Morgan fingerprint density at radius 1 is 1.08 bits per heavy atom. The summed E-state index contributed by atoms with van der Waals surface area (Å²) >= 11 is 0. The number of carbonyl (C=O) groups is 2. The van der Waals surface area contributed by atoms with Crippen molar-refractivity contribution in [1.82, 2.24) is 4.57 Å². The van der Waals surface area contributed by atoms with Crippen molar-refractivity contribution in [2.24, 2.45) is 7.05 Å². The fourth-order valence-corrected chi connectivity index (χ4v) is 2.40. The number of oxazole rings is 1. The molecular formula is C18H17N3O4. The van der Waals surface area contributed by atoms with E-state index in [0.29, 0.717) is 34.5 Å². The van der Waals surface area contributed by atoms with Gasteiger partial charge >= 0.3 is 5.76 Å². The zero-order valence-corrected chi connectivity index (χ0v) is 13.8. The van der Waals surface area contributed by atoms with Gasteiger partial charge in [-0.05, 0) is 30.3 Å². The van der Waals surface area contributed by atoms with Crippen molar-refractivity contribution < 1.29 is 14.0 Å². The summed E-state index contributed by atoms with van der Waals surface area (Å²) in [5.74, 6) is -0.912. The number of nitrogens with one attached hydrogen (secondary N) is 2. The third-order valence-electron chi connectivity index (χ3n) is 3.78. The van der Waals surface area contributed by atoms with Crippen LogP contribution in [0.15, 0.2) is 51.7 Å². The molecule has 7 nitrogen and oxygen atoms in total. The molecule has 0 saturated heterocycles. The number of rotatable bonds is 4. The molecule has 0 bridgehead atoms. The molecule has 0 spiro atoms. The Bertz CT molecular complexity index is 1020. The maximum atomic E-state index is 12.4. The first kappa shape index (κ1) is 16.5. The van der Waals surface area contributed by atoms with Crippen molar-refractivity contribution in [2.45, 2.75) is 13.3 Å². The highest BCUT2D eigenvalue weighted by molar-refractivity contribution is 6.05. The number of nitrogens with zero attached hydrogens (tertiary/aromatic N) is 1. The molecule has 7 heteroatoms. The van der Waals surface area contributed by atoms with Gasteiger partial charge in [0.2, 0.25) is 5.91 Å². The van der Waals surface area contributed by atoms with Crippen molar-refractivity contribution in [2.75, 3.05) is 10.6 Å². The highest BCUT2D eigenvalue weighted by Gasteiger charge is 2.10. The molecule has 0 aliphatic carbocycles. The maximum Gasteiger partial charge on any atom is 0.419 e. The monoisotopic (exact) mass is 339 g/mol. The second-order valence-corrected chi connectivity index (χ2v) is 5.55. The number of hydrogen-bond acceptors (Lipinski definition) is 4. The van der Waals surface area contributed by atoms with Crippen LogP contribution in [0.3, 0.4) is 0 Å². The molecule has 0 aliphatic heterocycles. The van der Waals surface area contributed by atoms with Crippen LogP contribution in [0.4, 0.5) is 11.4 Å². The van der Waals surface area contributed by atoms with E-state index in [1.54, 1.807) is 56.4 Å². The number of fused-ring (bicyclic) bond motifs is 1. The Labute approximate surface area is 143 Å². The van der Waals surface area contributed by atoms with Crippen LogP contribution in [0.2, 0.25) is 0 Å². The van der Waals surface area contributed by atoms with E-state index in [2.05, 4.69) is 10.6 Å². The van der Waals surface area contributed by atoms with Crippen LogP contribution in [-0.4, -0.2) is 16.4 Å². The van der Waals surface area contributed by atoms with E-state index in [-0.39, 0.29) is 11.8 Å². The van der Waals surface area contributed by atoms with Crippen LogP contribution in [0, 0.1) is 0 Å². The van der Waals surface area contributed by atoms with Gasteiger partial charge in [0.15, 0.2) is 5.58 Å². The minimum absolute atomic E-state index is 0.123. The normalized spacial score (nSPS) is 10.6. The molecule has 0 unspecified atom stereocenters. The number of benzene rings is 2. The molecule has 1 aromatic heterocycles. The number of anilines is 2. The predicted molar refractivity (Wildman–Crippen MR) is 94.8 cm³/mol. The summed E-state index contributed by atoms with van der Waals surface area (Å²) in [5.41, 5.74) is 2.52. The van der Waals surface area contributed by atoms with E-state index in [9.17, 15) is 14.4 Å². The van der Waals surface area contributed by atoms with Gasteiger partial charge in [0.05, 0.1) is 5.52 Å². The standard InChI is InChI=1S/C18H17N3O4/c1-3-16(22)19-12-6-4-5-11(9-12)17(23)20-13-7-8-14-15(10-13)25-18(24)21(14)2/h4-10H,3H2,1-2H3,(H,19,22)(H,20,23). The number of hydrogen-bond donors (Lipinski definition) is 2. The average molecular weight is 339 g/mol. The summed E-state index contributed by atoms with van der Waals surface area (Å²) in [7, 11) is 1.61. The van der Waals surface area contributed by atoms with Gasteiger partial charge in [0, 0.05) is 36.5 Å². The quantitative estimate of drug-likeness (QED) is 0.764. The first-order valence-corrected chi connectivity index (χ1v) is 7.79. The minimum atomic E-state index is -0.460. The maximum absolute atomic E-state index is 12.4. The summed E-state index contributed by atoms with van der Waals surface area (Å²) < 4.78 is 6.50. The lowest BCUT2D eigenvalue weighted by atomic mass is 10.1. The topological polar surface area (TPSA) is 93.3 Å². The lowest BCUT2D eigenvalue weighted by Gasteiger charge is -2.08. The zero-order valence-electron chi connectivity index (χ0n) is 13.8. The van der Waals surface area contributed by atoms with Crippen molar-refractivity contribution in [1.29, 1.82) is 0 Å². The van der Waals surface area contributed by atoms with Crippen molar-refractivity contribution in [3.05, 3.63) is 58.6 Å². The van der Waals surface area contributed by atoms with E-state index < -0.39 is 5.76 Å². The number of aryl methyl sites for hydroxylation is 1. The van der Waals surface area contributed by atoms with Crippen LogP contribution in [0.5, 0.6) is 0 Å². The van der Waals surface area contributed by atoms with Crippen LogP contribution in [-0.2, 0) is 11.8 Å². The average Bonchev–Trinajstić information content (AvgIpc) is 2.88. The summed E-state index contributed by atoms with van der Waals surface area (Å²) in [4.78, 5) is 35.4. The van der Waals surface area contributed by atoms with Crippen LogP contribution < -0.4 is 16.4 Å². The van der Waals surface area contributed by atoms with Gasteiger partial charge in [0.1, 0.15) is 0 Å². The molecule has 2 amide bonds. The smallest absolute Gasteiger partial charge is 0.408 e. The van der Waals surface area contributed by atoms with E-state index in [1.807, 2.05) is 0 Å². The van der Waals surface area contributed by atoms with Gasteiger partial charge < -0.3 is 15.1 Å². The summed E-state index contributed by atoms with van der Waals surface area (Å²) in [6, 6.07) is 11.7. The van der Waals surface area contributed by atoms with Gasteiger partial charge in [-0.2, -0.15) is 0 Å². The molecule has 0 atom stereocenters. The molecule has 2 aromatic carbocycles. The van der Waals surface area contributed by atoms with Crippen molar-refractivity contribution in [3.8, 4) is 0 Å². The Balaban J connectivity index is 1.81. The third kappa shape index (κ3) is 3.45. The predicted octanol–water partition coefficient (Wildman–Crippen LogP) is 2.73. The second-order valence-electron chi connectivity index (χ2n) is 5.55. The highest BCUT2D eigenvalue weighted by Crippen LogP contribution is 2.19. The molecule has 0 saturated carbocycles. The first-order valence-electron chi connectivity index (χ1n) is 7.79. The molecule has 25 heavy (non-hydrogen) atoms. The van der Waals surface area contributed by atoms with Crippen LogP contribution in [0.1, 0.15) is 23.7 Å². The molecule has 128 valence electrons. The molecule has 2 N–H and O–H groups in total. The summed E-state index contributed by atoms with van der Waals surface area (Å²) in [6.07, 6.45) is 0.360. The van der Waals surface area contributed by atoms with E-state index >= 15 is 0 Å². The summed E-state index contributed by atoms with van der Waals surface area (Å²) in [6.45, 7) is 1.75. The fraction of sp³-hybridized carbons (Fsp3) is 0.167. The Morgan fingerprint density at radius 3 is 2.60 bits per heavy atom. The zero-order chi connectivity index (χ0) is 18.0. The third-order valence-corrected chi connectivity index (χ3v) is 3.78. The number of amides is 2. The largest absolute Gasteiger partial charge is 0.419 e. The molecule has 0 radical (unpaired) electrons. The van der Waals surface area contributed by atoms with E-state index in [1.165, 1.54) is 4.57 Å². The molecule has 0 fully saturated rings. The van der Waals surface area contributed by atoms with Crippen LogP contribution >= 0.6 is 0 Å². The number of aromatic nitrogens is 1. The van der Waals surface area contributed by atoms with Crippen molar-refractivity contribution in [3.63, 3.8) is 0 Å². The Morgan fingerprint density at radius 2 is 1.84 bits per heavy atom. The fourth-order valence-electron chi connectivity index (χ4n) is 2.40. The van der Waals surface area contributed by atoms with Gasteiger partial charge in [-0.3, -0.25) is 14.2 Å². The van der Waals surface area contributed by atoms with E-state index in [4.69, 9.17) is 4.42 Å². The molecule has 3 rings (SSSR count). The molecule has 1 heterocycles. The number of carbonyl (C=O) groups excluding carboxylic acids is 2. The minimum Gasteiger partial charge on any atom is -0.408 e. The lowest BCUT2D eigenvalue weighted by molar-refractivity contribution is -0.115. The Kier molecular flexibility index (Phi) is 4.38. The lowest BCUT2D eigenvalue weighted by Crippen LogP contribution is -2.13. The van der Waals surface area contributed by atoms with E-state index in [0.717, 1.165) is 0 Å². The van der Waals surface area contributed by atoms with Gasteiger partial charge in [-0.15, -0.1) is 0 Å². The SMILES string of the molecule is CCC(=O)Nc1cccc(C(=O)Nc2ccc3c(c2)oc(=O)n3C)c1. The van der Waals surface area contributed by atoms with Crippen LogP contribution in [0.25, 0.3) is 11.1 Å².